The second-order valence-corrected chi connectivity index (χ2v) is 7.24. The van der Waals surface area contributed by atoms with E-state index < -0.39 is 11.9 Å². The molecule has 3 heterocycles. The molecule has 0 radical (unpaired) electrons. The van der Waals surface area contributed by atoms with Crippen LogP contribution in [0.3, 0.4) is 0 Å². The Hall–Kier alpha value is -4.28. The Morgan fingerprint density at radius 3 is 2.35 bits per heavy atom. The molecule has 0 amide bonds. The van der Waals surface area contributed by atoms with Crippen LogP contribution in [-0.2, 0) is 12.7 Å². The number of aryl methyl sites for hydroxylation is 1. The summed E-state index contributed by atoms with van der Waals surface area (Å²) in [4.78, 5) is 20.6. The first kappa shape index (κ1) is 22.9. The maximum Gasteiger partial charge on any atom is 0.433 e. The van der Waals surface area contributed by atoms with Crippen LogP contribution in [0.25, 0.3) is 11.5 Å². The Labute approximate surface area is 193 Å². The van der Waals surface area contributed by atoms with E-state index in [-0.39, 0.29) is 11.6 Å². The highest BCUT2D eigenvalue weighted by Crippen LogP contribution is 2.29. The van der Waals surface area contributed by atoms with Crippen molar-refractivity contribution in [3.05, 3.63) is 77.9 Å². The summed E-state index contributed by atoms with van der Waals surface area (Å²) in [7, 11) is 1.60. The Bertz CT molecular complexity index is 1280. The van der Waals surface area contributed by atoms with Gasteiger partial charge in [-0.2, -0.15) is 13.2 Å². The number of anilines is 3. The summed E-state index contributed by atoms with van der Waals surface area (Å²) in [5.74, 6) is 1.70. The molecule has 3 aromatic heterocycles. The van der Waals surface area contributed by atoms with E-state index in [9.17, 15) is 13.2 Å². The van der Waals surface area contributed by atoms with Gasteiger partial charge >= 0.3 is 6.18 Å². The highest BCUT2D eigenvalue weighted by Gasteiger charge is 2.32. The maximum atomic E-state index is 13.0. The largest absolute Gasteiger partial charge is 0.497 e. The minimum absolute atomic E-state index is 0.0507. The highest BCUT2D eigenvalue weighted by molar-refractivity contribution is 5.62. The van der Waals surface area contributed by atoms with E-state index in [0.717, 1.165) is 29.4 Å². The van der Waals surface area contributed by atoms with Crippen molar-refractivity contribution in [1.82, 2.24) is 24.9 Å². The summed E-state index contributed by atoms with van der Waals surface area (Å²) in [5.41, 5.74) is 1.22. The third kappa shape index (κ3) is 5.74. The van der Waals surface area contributed by atoms with Crippen LogP contribution in [0.1, 0.15) is 17.0 Å². The number of ether oxygens (including phenoxy) is 1. The quantitative estimate of drug-likeness (QED) is 0.391. The molecule has 0 atom stereocenters. The molecule has 0 unspecified atom stereocenters. The first-order valence-electron chi connectivity index (χ1n) is 10.2. The number of rotatable bonds is 7. The van der Waals surface area contributed by atoms with Crippen LogP contribution in [0.15, 0.2) is 60.9 Å². The van der Waals surface area contributed by atoms with E-state index in [4.69, 9.17) is 4.74 Å². The lowest BCUT2D eigenvalue weighted by molar-refractivity contribution is -0.141. The monoisotopic (exact) mass is 467 g/mol. The van der Waals surface area contributed by atoms with Crippen molar-refractivity contribution in [2.24, 2.45) is 0 Å². The Morgan fingerprint density at radius 1 is 0.882 bits per heavy atom. The molecule has 4 aromatic rings. The molecule has 11 heteroatoms. The summed E-state index contributed by atoms with van der Waals surface area (Å²) in [6, 6.07) is 15.3. The van der Waals surface area contributed by atoms with Gasteiger partial charge in [-0.05, 0) is 36.8 Å². The summed E-state index contributed by atoms with van der Waals surface area (Å²) >= 11 is 0. The van der Waals surface area contributed by atoms with E-state index in [2.05, 4.69) is 35.6 Å². The molecule has 8 nitrogen and oxygen atoms in total. The second-order valence-electron chi connectivity index (χ2n) is 7.24. The average molecular weight is 467 g/mol. The van der Waals surface area contributed by atoms with Gasteiger partial charge < -0.3 is 15.4 Å². The molecule has 0 bridgehead atoms. The zero-order valence-electron chi connectivity index (χ0n) is 18.3. The summed E-state index contributed by atoms with van der Waals surface area (Å²) in [5, 5.41) is 6.02. The van der Waals surface area contributed by atoms with Crippen molar-refractivity contribution in [2.75, 3.05) is 17.7 Å². The fourth-order valence-corrected chi connectivity index (χ4v) is 3.03. The Morgan fingerprint density at radius 2 is 1.65 bits per heavy atom. The average Bonchev–Trinajstić information content (AvgIpc) is 2.82. The van der Waals surface area contributed by atoms with Gasteiger partial charge in [-0.15, -0.1) is 0 Å². The molecular weight excluding hydrogens is 447 g/mol. The Kier molecular flexibility index (Phi) is 6.53. The SMILES string of the molecule is COc1ccc(CNc2cc(Nc3cc(C(F)(F)F)ncn3)nc(-c3cccc(C)n3)n2)cc1. The smallest absolute Gasteiger partial charge is 0.433 e. The minimum Gasteiger partial charge on any atom is -0.497 e. The summed E-state index contributed by atoms with van der Waals surface area (Å²) < 4.78 is 44.3. The standard InChI is InChI=1S/C23H20F3N7O/c1-14-4-3-5-17(30-14)22-32-20(27-12-15-6-8-16(34-2)9-7-15)11-21(33-22)31-19-10-18(23(24,25)26)28-13-29-19/h3-11,13H,12H2,1-2H3,(H2,27,28,29,31,32,33). The van der Waals surface area contributed by atoms with E-state index >= 15 is 0 Å². The highest BCUT2D eigenvalue weighted by atomic mass is 19.4. The minimum atomic E-state index is -4.59. The first-order chi connectivity index (χ1) is 16.3. The van der Waals surface area contributed by atoms with E-state index in [1.807, 2.05) is 43.3 Å². The zero-order chi connectivity index (χ0) is 24.1. The molecule has 174 valence electrons. The number of nitrogens with one attached hydrogen (secondary N) is 2. The predicted octanol–water partition coefficient (Wildman–Crippen LogP) is 5.02. The maximum absolute atomic E-state index is 13.0. The van der Waals surface area contributed by atoms with Crippen LogP contribution >= 0.6 is 0 Å². The molecule has 0 spiro atoms. The third-order valence-electron chi connectivity index (χ3n) is 4.69. The fraction of sp³-hybridized carbons (Fsp3) is 0.174. The predicted molar refractivity (Wildman–Crippen MR) is 121 cm³/mol. The number of halogens is 3. The molecule has 4 rings (SSSR count). The number of benzene rings is 1. The van der Waals surface area contributed by atoms with Crippen LogP contribution in [0.4, 0.5) is 30.6 Å². The molecule has 1 aromatic carbocycles. The molecule has 0 aliphatic carbocycles. The van der Waals surface area contributed by atoms with Gasteiger partial charge in [0.2, 0.25) is 0 Å². The van der Waals surface area contributed by atoms with Crippen LogP contribution in [0.5, 0.6) is 5.75 Å². The topological polar surface area (TPSA) is 97.7 Å². The molecule has 2 N–H and O–H groups in total. The van der Waals surface area contributed by atoms with E-state index in [1.165, 1.54) is 0 Å². The zero-order valence-corrected chi connectivity index (χ0v) is 18.3. The van der Waals surface area contributed by atoms with Crippen LogP contribution in [0.2, 0.25) is 0 Å². The number of pyridine rings is 1. The van der Waals surface area contributed by atoms with Gasteiger partial charge in [0, 0.05) is 24.4 Å². The summed E-state index contributed by atoms with van der Waals surface area (Å²) in [6.45, 7) is 2.29. The van der Waals surface area contributed by atoms with Crippen LogP contribution in [-0.4, -0.2) is 32.0 Å². The second kappa shape index (κ2) is 9.69. The van der Waals surface area contributed by atoms with Gasteiger partial charge in [-0.25, -0.2) is 24.9 Å². The lowest BCUT2D eigenvalue weighted by Gasteiger charge is -2.12. The van der Waals surface area contributed by atoms with Crippen molar-refractivity contribution in [1.29, 1.82) is 0 Å². The number of alkyl halides is 3. The van der Waals surface area contributed by atoms with Gasteiger partial charge in [-0.3, -0.25) is 0 Å². The Balaban J connectivity index is 1.64. The van der Waals surface area contributed by atoms with Crippen molar-refractivity contribution >= 4 is 17.5 Å². The third-order valence-corrected chi connectivity index (χ3v) is 4.69. The van der Waals surface area contributed by atoms with Gasteiger partial charge in [0.1, 0.15) is 40.9 Å². The van der Waals surface area contributed by atoms with Crippen molar-refractivity contribution in [3.8, 4) is 17.3 Å². The number of hydrogen-bond acceptors (Lipinski definition) is 8. The molecule has 34 heavy (non-hydrogen) atoms. The van der Waals surface area contributed by atoms with Gasteiger partial charge in [0.05, 0.1) is 7.11 Å². The molecule has 0 saturated heterocycles. The number of methoxy groups -OCH3 is 1. The van der Waals surface area contributed by atoms with Gasteiger partial charge in [0.15, 0.2) is 5.82 Å². The molecular formula is C23H20F3N7O. The van der Waals surface area contributed by atoms with Crippen LogP contribution in [0, 0.1) is 6.92 Å². The molecule has 0 aliphatic heterocycles. The van der Waals surface area contributed by atoms with E-state index in [0.29, 0.717) is 23.9 Å². The van der Waals surface area contributed by atoms with Crippen molar-refractivity contribution in [3.63, 3.8) is 0 Å². The number of nitrogens with zero attached hydrogens (tertiary/aromatic N) is 5. The number of aromatic nitrogens is 5. The van der Waals surface area contributed by atoms with Crippen LogP contribution < -0.4 is 15.4 Å². The fourth-order valence-electron chi connectivity index (χ4n) is 3.03. The molecule has 0 fully saturated rings. The lowest BCUT2D eigenvalue weighted by atomic mass is 10.2. The molecule has 0 aliphatic rings. The van der Waals surface area contributed by atoms with Gasteiger partial charge in [-0.1, -0.05) is 18.2 Å². The first-order valence-corrected chi connectivity index (χ1v) is 10.2. The van der Waals surface area contributed by atoms with Crippen molar-refractivity contribution < 1.29 is 17.9 Å². The lowest BCUT2D eigenvalue weighted by Crippen LogP contribution is -2.10. The van der Waals surface area contributed by atoms with Crippen molar-refractivity contribution in [2.45, 2.75) is 19.6 Å². The van der Waals surface area contributed by atoms with Gasteiger partial charge in [0.25, 0.3) is 0 Å². The normalized spacial score (nSPS) is 11.2. The number of hydrogen-bond donors (Lipinski definition) is 2. The summed E-state index contributed by atoms with van der Waals surface area (Å²) in [6.07, 6.45) is -3.75. The molecule has 0 saturated carbocycles. The van der Waals surface area contributed by atoms with E-state index in [1.54, 1.807) is 19.2 Å².